The summed E-state index contributed by atoms with van der Waals surface area (Å²) in [5.41, 5.74) is 3.34. The van der Waals surface area contributed by atoms with Gasteiger partial charge in [0, 0.05) is 55.5 Å². The maximum absolute atomic E-state index is 12.5. The number of carbonyl (C=O) groups is 1. The summed E-state index contributed by atoms with van der Waals surface area (Å²) in [5, 5.41) is 4.29. The lowest BCUT2D eigenvalue weighted by Gasteiger charge is -2.34. The number of piperazine rings is 1. The SMILES string of the molecule is CCOc1ccc(NC(=O)N2CCN(CCc3c[nH]c4ccccc34)CC2)cc1. The van der Waals surface area contributed by atoms with E-state index in [-0.39, 0.29) is 6.03 Å². The number of rotatable bonds is 6. The average Bonchev–Trinajstić information content (AvgIpc) is 3.17. The van der Waals surface area contributed by atoms with Crippen molar-refractivity contribution in [2.24, 2.45) is 0 Å². The van der Waals surface area contributed by atoms with Gasteiger partial charge in [-0.05, 0) is 49.2 Å². The van der Waals surface area contributed by atoms with Crippen LogP contribution in [0.3, 0.4) is 0 Å². The van der Waals surface area contributed by atoms with Crippen molar-refractivity contribution in [3.63, 3.8) is 0 Å². The van der Waals surface area contributed by atoms with E-state index in [1.165, 1.54) is 16.5 Å². The van der Waals surface area contributed by atoms with Crippen LogP contribution in [0.1, 0.15) is 12.5 Å². The molecule has 6 nitrogen and oxygen atoms in total. The Hall–Kier alpha value is -2.99. The van der Waals surface area contributed by atoms with Crippen LogP contribution in [0, 0.1) is 0 Å². The zero-order valence-electron chi connectivity index (χ0n) is 16.9. The number of amides is 2. The number of ether oxygens (including phenoxy) is 1. The number of H-pyrrole nitrogens is 1. The van der Waals surface area contributed by atoms with Crippen molar-refractivity contribution < 1.29 is 9.53 Å². The monoisotopic (exact) mass is 392 g/mol. The van der Waals surface area contributed by atoms with Gasteiger partial charge in [-0.3, -0.25) is 4.90 Å². The van der Waals surface area contributed by atoms with Gasteiger partial charge in [0.05, 0.1) is 6.61 Å². The number of urea groups is 1. The Morgan fingerprint density at radius 1 is 1.07 bits per heavy atom. The Morgan fingerprint density at radius 2 is 1.83 bits per heavy atom. The van der Waals surface area contributed by atoms with Crippen molar-refractivity contribution in [1.29, 1.82) is 0 Å². The minimum atomic E-state index is -0.0366. The summed E-state index contributed by atoms with van der Waals surface area (Å²) < 4.78 is 5.44. The second-order valence-corrected chi connectivity index (χ2v) is 7.33. The molecule has 2 N–H and O–H groups in total. The van der Waals surface area contributed by atoms with Crippen LogP contribution in [0.4, 0.5) is 10.5 Å². The third kappa shape index (κ3) is 4.71. The number of carbonyl (C=O) groups excluding carboxylic acids is 1. The minimum Gasteiger partial charge on any atom is -0.494 e. The normalized spacial score (nSPS) is 14.9. The van der Waals surface area contributed by atoms with E-state index >= 15 is 0 Å². The molecule has 1 aromatic heterocycles. The molecule has 3 aromatic rings. The van der Waals surface area contributed by atoms with Crippen molar-refractivity contribution in [2.45, 2.75) is 13.3 Å². The first-order valence-corrected chi connectivity index (χ1v) is 10.3. The Bertz CT molecular complexity index is 943. The summed E-state index contributed by atoms with van der Waals surface area (Å²) in [5.74, 6) is 0.814. The van der Waals surface area contributed by atoms with Crippen molar-refractivity contribution in [3.05, 3.63) is 60.3 Å². The molecule has 0 unspecified atom stereocenters. The molecule has 1 aliphatic rings. The van der Waals surface area contributed by atoms with Gasteiger partial charge >= 0.3 is 6.03 Å². The van der Waals surface area contributed by atoms with E-state index < -0.39 is 0 Å². The molecule has 1 fully saturated rings. The quantitative estimate of drug-likeness (QED) is 0.668. The molecule has 0 bridgehead atoms. The molecule has 2 amide bonds. The van der Waals surface area contributed by atoms with E-state index in [9.17, 15) is 4.79 Å². The molecule has 1 aliphatic heterocycles. The number of benzene rings is 2. The molecule has 152 valence electrons. The highest BCUT2D eigenvalue weighted by Crippen LogP contribution is 2.19. The van der Waals surface area contributed by atoms with Gasteiger partial charge in [0.25, 0.3) is 0 Å². The van der Waals surface area contributed by atoms with Crippen LogP contribution in [0.15, 0.2) is 54.7 Å². The summed E-state index contributed by atoms with van der Waals surface area (Å²) in [6.45, 7) is 6.90. The molecule has 4 rings (SSSR count). The van der Waals surface area contributed by atoms with Crippen LogP contribution in [0.5, 0.6) is 5.75 Å². The van der Waals surface area contributed by atoms with Crippen molar-refractivity contribution in [1.82, 2.24) is 14.8 Å². The second-order valence-electron chi connectivity index (χ2n) is 7.33. The van der Waals surface area contributed by atoms with E-state index in [1.807, 2.05) is 36.1 Å². The predicted octanol–water partition coefficient (Wildman–Crippen LogP) is 3.96. The number of nitrogens with one attached hydrogen (secondary N) is 2. The van der Waals surface area contributed by atoms with E-state index in [2.05, 4.69) is 45.7 Å². The van der Waals surface area contributed by atoms with Crippen molar-refractivity contribution in [2.75, 3.05) is 44.6 Å². The number of para-hydroxylation sites is 1. The fourth-order valence-corrected chi connectivity index (χ4v) is 3.80. The molecular weight excluding hydrogens is 364 g/mol. The number of anilines is 1. The van der Waals surface area contributed by atoms with Gasteiger partial charge in [-0.2, -0.15) is 0 Å². The Labute approximate surface area is 171 Å². The molecule has 1 saturated heterocycles. The van der Waals surface area contributed by atoms with Crippen LogP contribution in [-0.2, 0) is 6.42 Å². The molecule has 0 radical (unpaired) electrons. The van der Waals surface area contributed by atoms with E-state index in [0.717, 1.165) is 50.6 Å². The number of nitrogens with zero attached hydrogens (tertiary/aromatic N) is 2. The van der Waals surface area contributed by atoms with Crippen LogP contribution < -0.4 is 10.1 Å². The summed E-state index contributed by atoms with van der Waals surface area (Å²) in [4.78, 5) is 20.2. The highest BCUT2D eigenvalue weighted by molar-refractivity contribution is 5.89. The van der Waals surface area contributed by atoms with Crippen LogP contribution in [0.2, 0.25) is 0 Å². The topological polar surface area (TPSA) is 60.6 Å². The second kappa shape index (κ2) is 9.01. The molecule has 0 aliphatic carbocycles. The Kier molecular flexibility index (Phi) is 6.00. The molecule has 0 atom stereocenters. The van der Waals surface area contributed by atoms with Gasteiger partial charge in [0.1, 0.15) is 5.75 Å². The Morgan fingerprint density at radius 3 is 2.59 bits per heavy atom. The number of hydrogen-bond acceptors (Lipinski definition) is 3. The van der Waals surface area contributed by atoms with E-state index in [4.69, 9.17) is 4.74 Å². The van der Waals surface area contributed by atoms with Crippen molar-refractivity contribution in [3.8, 4) is 5.75 Å². The number of aromatic nitrogens is 1. The van der Waals surface area contributed by atoms with Crippen LogP contribution in [0.25, 0.3) is 10.9 Å². The number of aromatic amines is 1. The lowest BCUT2D eigenvalue weighted by Crippen LogP contribution is -2.50. The molecule has 29 heavy (non-hydrogen) atoms. The summed E-state index contributed by atoms with van der Waals surface area (Å²) in [7, 11) is 0. The van der Waals surface area contributed by atoms with Gasteiger partial charge < -0.3 is 19.9 Å². The van der Waals surface area contributed by atoms with Gasteiger partial charge in [-0.1, -0.05) is 18.2 Å². The summed E-state index contributed by atoms with van der Waals surface area (Å²) >= 11 is 0. The first-order chi connectivity index (χ1) is 14.2. The minimum absolute atomic E-state index is 0.0366. The van der Waals surface area contributed by atoms with Gasteiger partial charge in [-0.25, -0.2) is 4.79 Å². The highest BCUT2D eigenvalue weighted by atomic mass is 16.5. The molecule has 2 aromatic carbocycles. The average molecular weight is 393 g/mol. The molecular formula is C23H28N4O2. The van der Waals surface area contributed by atoms with Gasteiger partial charge in [-0.15, -0.1) is 0 Å². The first-order valence-electron chi connectivity index (χ1n) is 10.3. The smallest absolute Gasteiger partial charge is 0.321 e. The fraction of sp³-hybridized carbons (Fsp3) is 0.348. The number of hydrogen-bond donors (Lipinski definition) is 2. The molecule has 0 saturated carbocycles. The number of fused-ring (bicyclic) bond motifs is 1. The largest absolute Gasteiger partial charge is 0.494 e. The zero-order chi connectivity index (χ0) is 20.1. The third-order valence-electron chi connectivity index (χ3n) is 5.45. The van der Waals surface area contributed by atoms with Crippen molar-refractivity contribution >= 4 is 22.6 Å². The zero-order valence-corrected chi connectivity index (χ0v) is 16.9. The van der Waals surface area contributed by atoms with Crippen LogP contribution >= 0.6 is 0 Å². The maximum Gasteiger partial charge on any atom is 0.321 e. The lowest BCUT2D eigenvalue weighted by molar-refractivity contribution is 0.148. The molecule has 0 spiro atoms. The summed E-state index contributed by atoms with van der Waals surface area (Å²) in [6, 6.07) is 15.9. The summed E-state index contributed by atoms with van der Waals surface area (Å²) in [6.07, 6.45) is 3.13. The van der Waals surface area contributed by atoms with Gasteiger partial charge in [0.2, 0.25) is 0 Å². The molecule has 6 heteroatoms. The van der Waals surface area contributed by atoms with E-state index in [1.54, 1.807) is 0 Å². The highest BCUT2D eigenvalue weighted by Gasteiger charge is 2.21. The standard InChI is InChI=1S/C23H28N4O2/c1-2-29-20-9-7-19(8-10-20)25-23(28)27-15-13-26(14-16-27)12-11-18-17-24-22-6-4-3-5-21(18)22/h3-10,17,24H,2,11-16H2,1H3,(H,25,28). The van der Waals surface area contributed by atoms with Crippen LogP contribution in [-0.4, -0.2) is 60.1 Å². The fourth-order valence-electron chi connectivity index (χ4n) is 3.80. The first kappa shape index (κ1) is 19.3. The van der Waals surface area contributed by atoms with Gasteiger partial charge in [0.15, 0.2) is 0 Å². The molecule has 2 heterocycles. The third-order valence-corrected chi connectivity index (χ3v) is 5.45. The lowest BCUT2D eigenvalue weighted by atomic mass is 10.1. The predicted molar refractivity (Wildman–Crippen MR) is 117 cm³/mol. The Balaban J connectivity index is 1.24. The van der Waals surface area contributed by atoms with E-state index in [0.29, 0.717) is 6.61 Å². The maximum atomic E-state index is 12.5.